The number of nitrogens with one attached hydrogen (secondary N) is 3. The molecule has 1 aromatic rings. The molecule has 3 N–H and O–H groups in total. The van der Waals surface area contributed by atoms with Crippen molar-refractivity contribution in [3.05, 3.63) is 23.8 Å². The Kier molecular flexibility index (Phi) is 5.01. The summed E-state index contributed by atoms with van der Waals surface area (Å²) in [6.07, 6.45) is 1.93. The van der Waals surface area contributed by atoms with Crippen molar-refractivity contribution < 1.29 is 19.1 Å². The largest absolute Gasteiger partial charge is 0.482 e. The highest BCUT2D eigenvalue weighted by Gasteiger charge is 2.32. The number of carbonyl (C=O) groups is 2. The molecule has 0 spiro atoms. The summed E-state index contributed by atoms with van der Waals surface area (Å²) in [6.45, 7) is 3.07. The van der Waals surface area contributed by atoms with E-state index in [1.807, 2.05) is 0 Å². The number of rotatable bonds is 5. The fraction of sp³-hybridized carbons (Fsp3) is 0.529. The van der Waals surface area contributed by atoms with Crippen molar-refractivity contribution in [1.29, 1.82) is 0 Å². The fourth-order valence-electron chi connectivity index (χ4n) is 3.23. The van der Waals surface area contributed by atoms with Gasteiger partial charge in [0.25, 0.3) is 11.8 Å². The normalized spacial score (nSPS) is 19.0. The van der Waals surface area contributed by atoms with Crippen LogP contribution in [0.25, 0.3) is 0 Å². The Morgan fingerprint density at radius 2 is 2.17 bits per heavy atom. The van der Waals surface area contributed by atoms with Crippen LogP contribution in [0.5, 0.6) is 5.75 Å². The zero-order valence-electron chi connectivity index (χ0n) is 13.8. The summed E-state index contributed by atoms with van der Waals surface area (Å²) >= 11 is 0. The molecular weight excluding hydrogens is 310 g/mol. The second-order valence-electron chi connectivity index (χ2n) is 6.41. The summed E-state index contributed by atoms with van der Waals surface area (Å²) in [4.78, 5) is 23.9. The van der Waals surface area contributed by atoms with Crippen LogP contribution in [0.1, 0.15) is 23.2 Å². The van der Waals surface area contributed by atoms with Crippen LogP contribution in [0.3, 0.4) is 0 Å². The third-order valence-corrected chi connectivity index (χ3v) is 4.61. The summed E-state index contributed by atoms with van der Waals surface area (Å²) < 4.78 is 10.7. The van der Waals surface area contributed by atoms with Crippen molar-refractivity contribution in [1.82, 2.24) is 10.6 Å². The first-order valence-electron chi connectivity index (χ1n) is 8.16. The molecule has 3 rings (SSSR count). The lowest BCUT2D eigenvalue weighted by Crippen LogP contribution is -2.47. The third-order valence-electron chi connectivity index (χ3n) is 4.61. The molecule has 7 heteroatoms. The topological polar surface area (TPSA) is 88.7 Å². The third kappa shape index (κ3) is 3.68. The molecule has 24 heavy (non-hydrogen) atoms. The van der Waals surface area contributed by atoms with Gasteiger partial charge in [0, 0.05) is 24.6 Å². The molecule has 2 heterocycles. The first kappa shape index (κ1) is 16.7. The van der Waals surface area contributed by atoms with E-state index in [-0.39, 0.29) is 23.8 Å². The maximum absolute atomic E-state index is 12.5. The van der Waals surface area contributed by atoms with Crippen molar-refractivity contribution >= 4 is 17.5 Å². The standard InChI is InChI=1S/C17H23N3O4/c1-23-11-17(4-6-18-7-5-17)10-19-16(22)12-2-3-14-13(8-12)20-15(21)9-24-14/h2-3,8,18H,4-7,9-11H2,1H3,(H,19,22)(H,20,21). The van der Waals surface area contributed by atoms with Gasteiger partial charge in [-0.3, -0.25) is 9.59 Å². The first-order valence-corrected chi connectivity index (χ1v) is 8.16. The Balaban J connectivity index is 1.66. The lowest BCUT2D eigenvalue weighted by Gasteiger charge is -2.37. The van der Waals surface area contributed by atoms with Crippen LogP contribution in [-0.4, -0.2) is 51.8 Å². The number of amides is 2. The number of anilines is 1. The number of fused-ring (bicyclic) bond motifs is 1. The van der Waals surface area contributed by atoms with Crippen molar-refractivity contribution in [2.45, 2.75) is 12.8 Å². The summed E-state index contributed by atoms with van der Waals surface area (Å²) in [5, 5.41) is 9.06. The van der Waals surface area contributed by atoms with Gasteiger partial charge in [-0.05, 0) is 44.1 Å². The number of piperidine rings is 1. The summed E-state index contributed by atoms with van der Waals surface area (Å²) in [6, 6.07) is 5.06. The van der Waals surface area contributed by atoms with E-state index in [1.165, 1.54) is 0 Å². The molecule has 0 aromatic heterocycles. The summed E-state index contributed by atoms with van der Waals surface area (Å²) in [5.41, 5.74) is 1.01. The molecule has 0 atom stereocenters. The van der Waals surface area contributed by atoms with Crippen LogP contribution < -0.4 is 20.7 Å². The maximum Gasteiger partial charge on any atom is 0.262 e. The molecule has 1 aromatic carbocycles. The highest BCUT2D eigenvalue weighted by molar-refractivity contribution is 5.99. The molecule has 130 valence electrons. The monoisotopic (exact) mass is 333 g/mol. The van der Waals surface area contributed by atoms with E-state index >= 15 is 0 Å². The first-order chi connectivity index (χ1) is 11.6. The summed E-state index contributed by atoms with van der Waals surface area (Å²) in [5.74, 6) is 0.209. The van der Waals surface area contributed by atoms with Crippen molar-refractivity contribution in [3.63, 3.8) is 0 Å². The van der Waals surface area contributed by atoms with Gasteiger partial charge in [0.15, 0.2) is 6.61 Å². The average molecular weight is 333 g/mol. The van der Waals surface area contributed by atoms with Crippen LogP contribution in [0.15, 0.2) is 18.2 Å². The Morgan fingerprint density at radius 3 is 2.92 bits per heavy atom. The maximum atomic E-state index is 12.5. The van der Waals surface area contributed by atoms with Crippen LogP contribution in [0.4, 0.5) is 5.69 Å². The van der Waals surface area contributed by atoms with Gasteiger partial charge in [-0.1, -0.05) is 0 Å². The smallest absolute Gasteiger partial charge is 0.262 e. The fourth-order valence-corrected chi connectivity index (χ4v) is 3.23. The lowest BCUT2D eigenvalue weighted by atomic mass is 9.79. The molecule has 0 radical (unpaired) electrons. The predicted molar refractivity (Wildman–Crippen MR) is 89.3 cm³/mol. The minimum absolute atomic E-state index is 0.00607. The molecule has 2 aliphatic rings. The van der Waals surface area contributed by atoms with Gasteiger partial charge in [0.2, 0.25) is 0 Å². The van der Waals surface area contributed by atoms with E-state index < -0.39 is 0 Å². The van der Waals surface area contributed by atoms with Gasteiger partial charge < -0.3 is 25.4 Å². The van der Waals surface area contributed by atoms with E-state index in [4.69, 9.17) is 9.47 Å². The highest BCUT2D eigenvalue weighted by Crippen LogP contribution is 2.30. The second kappa shape index (κ2) is 7.19. The molecule has 2 aliphatic heterocycles. The van der Waals surface area contributed by atoms with Crippen molar-refractivity contribution in [2.24, 2.45) is 5.41 Å². The lowest BCUT2D eigenvalue weighted by molar-refractivity contribution is -0.118. The molecule has 1 fully saturated rings. The van der Waals surface area contributed by atoms with Crippen molar-refractivity contribution in [2.75, 3.05) is 45.3 Å². The number of ether oxygens (including phenoxy) is 2. The van der Waals surface area contributed by atoms with E-state index in [0.717, 1.165) is 25.9 Å². The van der Waals surface area contributed by atoms with Gasteiger partial charge in [0.05, 0.1) is 12.3 Å². The second-order valence-corrected chi connectivity index (χ2v) is 6.41. The van der Waals surface area contributed by atoms with Crippen LogP contribution in [0, 0.1) is 5.41 Å². The number of methoxy groups -OCH3 is 1. The van der Waals surface area contributed by atoms with Crippen LogP contribution >= 0.6 is 0 Å². The molecule has 7 nitrogen and oxygen atoms in total. The van der Waals surface area contributed by atoms with E-state index in [9.17, 15) is 9.59 Å². The number of hydrogen-bond donors (Lipinski definition) is 3. The minimum Gasteiger partial charge on any atom is -0.482 e. The van der Waals surface area contributed by atoms with Crippen molar-refractivity contribution in [3.8, 4) is 5.75 Å². The molecule has 0 unspecified atom stereocenters. The molecule has 1 saturated heterocycles. The van der Waals surface area contributed by atoms with E-state index in [2.05, 4.69) is 16.0 Å². The molecule has 2 amide bonds. The van der Waals surface area contributed by atoms with E-state index in [0.29, 0.717) is 30.2 Å². The minimum atomic E-state index is -0.214. The average Bonchev–Trinajstić information content (AvgIpc) is 2.60. The van der Waals surface area contributed by atoms with Gasteiger partial charge in [-0.15, -0.1) is 0 Å². The van der Waals surface area contributed by atoms with Crippen LogP contribution in [-0.2, 0) is 9.53 Å². The quantitative estimate of drug-likeness (QED) is 0.740. The zero-order valence-corrected chi connectivity index (χ0v) is 13.8. The number of benzene rings is 1. The molecule has 0 bridgehead atoms. The van der Waals surface area contributed by atoms with Gasteiger partial charge >= 0.3 is 0 Å². The Morgan fingerprint density at radius 1 is 1.38 bits per heavy atom. The van der Waals surface area contributed by atoms with E-state index in [1.54, 1.807) is 25.3 Å². The Hall–Kier alpha value is -2.12. The predicted octanol–water partition coefficient (Wildman–Crippen LogP) is 0.764. The SMILES string of the molecule is COCC1(CNC(=O)c2ccc3c(c2)NC(=O)CO3)CCNCC1. The highest BCUT2D eigenvalue weighted by atomic mass is 16.5. The number of hydrogen-bond acceptors (Lipinski definition) is 5. The summed E-state index contributed by atoms with van der Waals surface area (Å²) in [7, 11) is 1.69. The van der Waals surface area contributed by atoms with Crippen LogP contribution in [0.2, 0.25) is 0 Å². The Bertz CT molecular complexity index is 621. The van der Waals surface area contributed by atoms with Gasteiger partial charge in [0.1, 0.15) is 5.75 Å². The van der Waals surface area contributed by atoms with Gasteiger partial charge in [-0.25, -0.2) is 0 Å². The number of carbonyl (C=O) groups excluding carboxylic acids is 2. The molecule has 0 aliphatic carbocycles. The Labute approximate surface area is 141 Å². The molecular formula is C17H23N3O4. The molecule has 0 saturated carbocycles. The zero-order chi connectivity index (χ0) is 17.0. The van der Waals surface area contributed by atoms with Gasteiger partial charge in [-0.2, -0.15) is 0 Å².